The van der Waals surface area contributed by atoms with Crippen LogP contribution in [0.25, 0.3) is 0 Å². The molecule has 1 amide bonds. The number of piperazine rings is 2. The Hall–Kier alpha value is -2.55. The number of hydrogen-bond acceptors (Lipinski definition) is 7. The van der Waals surface area contributed by atoms with Gasteiger partial charge in [0.1, 0.15) is 22.9 Å². The van der Waals surface area contributed by atoms with E-state index < -0.39 is 5.60 Å². The third-order valence-electron chi connectivity index (χ3n) is 5.52. The van der Waals surface area contributed by atoms with Crippen LogP contribution in [0.15, 0.2) is 12.1 Å². The summed E-state index contributed by atoms with van der Waals surface area (Å²) >= 11 is 0. The molecule has 0 saturated carbocycles. The number of amides is 1. The first-order chi connectivity index (χ1) is 14.0. The lowest BCUT2D eigenvalue weighted by atomic mass is 10.1. The van der Waals surface area contributed by atoms with Crippen molar-refractivity contribution in [3.8, 4) is 0 Å². The number of ether oxygens (including phenoxy) is 1. The lowest BCUT2D eigenvalue weighted by molar-refractivity contribution is 0.0159. The normalized spacial score (nSPS) is 21.0. The highest BCUT2D eigenvalue weighted by molar-refractivity contribution is 5.94. The number of carbonyl (C=O) groups is 1. The zero-order chi connectivity index (χ0) is 22.1. The minimum atomic E-state index is -0.507. The van der Waals surface area contributed by atoms with Crippen molar-refractivity contribution in [1.82, 2.24) is 14.8 Å². The molecule has 2 saturated heterocycles. The molecule has 0 radical (unpaired) electrons. The summed E-state index contributed by atoms with van der Waals surface area (Å²) in [6.07, 6.45) is -0.271. The van der Waals surface area contributed by atoms with Crippen molar-refractivity contribution in [2.24, 2.45) is 5.73 Å². The van der Waals surface area contributed by atoms with Crippen LogP contribution in [0.4, 0.5) is 16.3 Å². The standard InChI is InChI=1S/C21H35N7O2/c1-15-14-27(10-11-28(15)20(29)30-21(2,3)4)16-12-17(19(22)23)24-18(13-16)26-8-6-25(5)7-9-26/h12-13,15H,6-11,14H2,1-5H3,(H3,22,23). The Bertz CT molecular complexity index is 784. The van der Waals surface area contributed by atoms with Gasteiger partial charge in [-0.3, -0.25) is 5.41 Å². The van der Waals surface area contributed by atoms with Crippen LogP contribution in [-0.4, -0.2) is 91.2 Å². The van der Waals surface area contributed by atoms with E-state index in [0.717, 1.165) is 37.7 Å². The van der Waals surface area contributed by atoms with E-state index in [-0.39, 0.29) is 18.0 Å². The molecular formula is C21H35N7O2. The van der Waals surface area contributed by atoms with E-state index in [4.69, 9.17) is 15.9 Å². The van der Waals surface area contributed by atoms with E-state index in [0.29, 0.717) is 25.3 Å². The number of nitrogens with zero attached hydrogens (tertiary/aromatic N) is 5. The molecule has 166 valence electrons. The van der Waals surface area contributed by atoms with Crippen molar-refractivity contribution >= 4 is 23.4 Å². The quantitative estimate of drug-likeness (QED) is 0.568. The molecule has 1 unspecified atom stereocenters. The van der Waals surface area contributed by atoms with E-state index in [1.54, 1.807) is 4.90 Å². The maximum atomic E-state index is 12.5. The largest absolute Gasteiger partial charge is 0.444 e. The second-order valence-corrected chi connectivity index (χ2v) is 9.24. The third-order valence-corrected chi connectivity index (χ3v) is 5.52. The molecule has 3 heterocycles. The first-order valence-corrected chi connectivity index (χ1v) is 10.6. The average Bonchev–Trinajstić information content (AvgIpc) is 2.66. The number of aromatic nitrogens is 1. The highest BCUT2D eigenvalue weighted by atomic mass is 16.6. The molecule has 0 aromatic carbocycles. The summed E-state index contributed by atoms with van der Waals surface area (Å²) in [5.74, 6) is 0.820. The van der Waals surface area contributed by atoms with Crippen molar-refractivity contribution in [3.63, 3.8) is 0 Å². The lowest BCUT2D eigenvalue weighted by Crippen LogP contribution is -2.55. The maximum absolute atomic E-state index is 12.5. The molecule has 9 nitrogen and oxygen atoms in total. The zero-order valence-electron chi connectivity index (χ0n) is 18.8. The molecule has 2 aliphatic rings. The summed E-state index contributed by atoms with van der Waals surface area (Å²) in [6.45, 7) is 13.4. The summed E-state index contributed by atoms with van der Waals surface area (Å²) in [5, 5.41) is 7.90. The molecule has 30 heavy (non-hydrogen) atoms. The first-order valence-electron chi connectivity index (χ1n) is 10.6. The fraction of sp³-hybridized carbons (Fsp3) is 0.667. The predicted molar refractivity (Wildman–Crippen MR) is 120 cm³/mol. The summed E-state index contributed by atoms with van der Waals surface area (Å²) in [7, 11) is 2.12. The molecule has 3 N–H and O–H groups in total. The average molecular weight is 418 g/mol. The van der Waals surface area contributed by atoms with Crippen LogP contribution < -0.4 is 15.5 Å². The third kappa shape index (κ3) is 5.33. The zero-order valence-corrected chi connectivity index (χ0v) is 18.8. The van der Waals surface area contributed by atoms with Crippen molar-refractivity contribution in [2.75, 3.05) is 62.7 Å². The Morgan fingerprint density at radius 1 is 1.13 bits per heavy atom. The number of nitrogens with one attached hydrogen (secondary N) is 1. The van der Waals surface area contributed by atoms with E-state index in [1.165, 1.54) is 0 Å². The Kier molecular flexibility index (Phi) is 6.40. The summed E-state index contributed by atoms with van der Waals surface area (Å²) in [6, 6.07) is 3.96. The van der Waals surface area contributed by atoms with Crippen molar-refractivity contribution in [2.45, 2.75) is 39.3 Å². The number of amidine groups is 1. The van der Waals surface area contributed by atoms with Gasteiger partial charge in [-0.05, 0) is 40.8 Å². The number of likely N-dealkylation sites (N-methyl/N-ethyl adjacent to an activating group) is 1. The Balaban J connectivity index is 1.77. The number of pyridine rings is 1. The van der Waals surface area contributed by atoms with Crippen molar-refractivity contribution < 1.29 is 9.53 Å². The molecule has 9 heteroatoms. The Morgan fingerprint density at radius 2 is 1.77 bits per heavy atom. The minimum Gasteiger partial charge on any atom is -0.444 e. The second kappa shape index (κ2) is 8.67. The van der Waals surface area contributed by atoms with Crippen LogP contribution in [0.1, 0.15) is 33.4 Å². The fourth-order valence-electron chi connectivity index (χ4n) is 3.80. The van der Waals surface area contributed by atoms with E-state index in [9.17, 15) is 4.79 Å². The minimum absolute atomic E-state index is 0.00892. The first kappa shape index (κ1) is 22.1. The lowest BCUT2D eigenvalue weighted by Gasteiger charge is -2.41. The van der Waals surface area contributed by atoms with Crippen LogP contribution in [0.2, 0.25) is 0 Å². The number of anilines is 2. The molecule has 1 aromatic heterocycles. The van der Waals surface area contributed by atoms with E-state index in [1.807, 2.05) is 33.8 Å². The SMILES string of the molecule is CC1CN(c2cc(C(=N)N)nc(N3CCN(C)CC3)c2)CCN1C(=O)OC(C)(C)C. The topological polar surface area (TPSA) is 102 Å². The molecular weight excluding hydrogens is 382 g/mol. The monoisotopic (exact) mass is 417 g/mol. The molecule has 2 aliphatic heterocycles. The van der Waals surface area contributed by atoms with E-state index in [2.05, 4.69) is 32.8 Å². The van der Waals surface area contributed by atoms with Crippen LogP contribution >= 0.6 is 0 Å². The summed E-state index contributed by atoms with van der Waals surface area (Å²) in [4.78, 5) is 25.7. The number of carbonyl (C=O) groups excluding carboxylic acids is 1. The van der Waals surface area contributed by atoms with Gasteiger partial charge in [-0.25, -0.2) is 9.78 Å². The van der Waals surface area contributed by atoms with Gasteiger partial charge in [0.05, 0.1) is 0 Å². The molecule has 0 bridgehead atoms. The van der Waals surface area contributed by atoms with Gasteiger partial charge in [0.25, 0.3) is 0 Å². The molecule has 3 rings (SSSR count). The molecule has 1 aromatic rings. The van der Waals surface area contributed by atoms with Crippen molar-refractivity contribution in [1.29, 1.82) is 5.41 Å². The molecule has 1 atom stereocenters. The van der Waals surface area contributed by atoms with Gasteiger partial charge in [-0.1, -0.05) is 0 Å². The van der Waals surface area contributed by atoms with E-state index >= 15 is 0 Å². The van der Waals surface area contributed by atoms with Gasteiger partial charge in [-0.2, -0.15) is 0 Å². The smallest absolute Gasteiger partial charge is 0.410 e. The van der Waals surface area contributed by atoms with Crippen LogP contribution in [0.3, 0.4) is 0 Å². The highest BCUT2D eigenvalue weighted by Gasteiger charge is 2.31. The number of nitrogens with two attached hydrogens (primary N) is 1. The van der Waals surface area contributed by atoms with Crippen LogP contribution in [0.5, 0.6) is 0 Å². The second-order valence-electron chi connectivity index (χ2n) is 9.24. The highest BCUT2D eigenvalue weighted by Crippen LogP contribution is 2.26. The van der Waals surface area contributed by atoms with Gasteiger partial charge < -0.3 is 30.1 Å². The Morgan fingerprint density at radius 3 is 2.33 bits per heavy atom. The number of rotatable bonds is 3. The number of nitrogen functional groups attached to an aromatic ring is 1. The van der Waals surface area contributed by atoms with Crippen LogP contribution in [-0.2, 0) is 4.74 Å². The molecule has 2 fully saturated rings. The van der Waals surface area contributed by atoms with Crippen LogP contribution in [0, 0.1) is 5.41 Å². The van der Waals surface area contributed by atoms with Gasteiger partial charge in [0.15, 0.2) is 0 Å². The predicted octanol–water partition coefficient (Wildman–Crippen LogP) is 1.56. The van der Waals surface area contributed by atoms with Gasteiger partial charge in [-0.15, -0.1) is 0 Å². The van der Waals surface area contributed by atoms with Crippen molar-refractivity contribution in [3.05, 3.63) is 17.8 Å². The fourth-order valence-corrected chi connectivity index (χ4v) is 3.80. The summed E-state index contributed by atoms with van der Waals surface area (Å²) < 4.78 is 5.55. The molecule has 0 spiro atoms. The number of hydrogen-bond donors (Lipinski definition) is 2. The van der Waals surface area contributed by atoms with Gasteiger partial charge >= 0.3 is 6.09 Å². The molecule has 0 aliphatic carbocycles. The maximum Gasteiger partial charge on any atom is 0.410 e. The van der Waals surface area contributed by atoms with Gasteiger partial charge in [0, 0.05) is 63.6 Å². The summed E-state index contributed by atoms with van der Waals surface area (Å²) in [5.41, 5.74) is 6.75. The Labute approximate surface area is 179 Å². The van der Waals surface area contributed by atoms with Gasteiger partial charge in [0.2, 0.25) is 0 Å².